The molecule has 2 N–H and O–H groups in total. The SMILES string of the molecule is Cc1cccc(CNc2ccc(-c3csc(Nc4ccccc4F)n3)cc2)n1. The fourth-order valence-corrected chi connectivity index (χ4v) is 3.52. The van der Waals surface area contributed by atoms with Crippen molar-refractivity contribution in [2.24, 2.45) is 0 Å². The third-order valence-corrected chi connectivity index (χ3v) is 4.98. The Balaban J connectivity index is 1.41. The summed E-state index contributed by atoms with van der Waals surface area (Å²) in [5.41, 5.74) is 5.33. The van der Waals surface area contributed by atoms with Crippen molar-refractivity contribution < 1.29 is 4.39 Å². The van der Waals surface area contributed by atoms with Gasteiger partial charge in [0, 0.05) is 22.3 Å². The lowest BCUT2D eigenvalue weighted by molar-refractivity contribution is 0.632. The second-order valence-electron chi connectivity index (χ2n) is 6.34. The Labute approximate surface area is 167 Å². The number of nitrogens with zero attached hydrogens (tertiary/aromatic N) is 2. The van der Waals surface area contributed by atoms with Crippen LogP contribution in [0.2, 0.25) is 0 Å². The van der Waals surface area contributed by atoms with E-state index in [0.717, 1.165) is 28.3 Å². The largest absolute Gasteiger partial charge is 0.379 e. The summed E-state index contributed by atoms with van der Waals surface area (Å²) in [5.74, 6) is -0.294. The van der Waals surface area contributed by atoms with Gasteiger partial charge in [-0.15, -0.1) is 11.3 Å². The van der Waals surface area contributed by atoms with Gasteiger partial charge in [-0.05, 0) is 43.3 Å². The topological polar surface area (TPSA) is 49.8 Å². The molecule has 4 nitrogen and oxygen atoms in total. The van der Waals surface area contributed by atoms with Crippen molar-refractivity contribution >= 4 is 27.8 Å². The number of pyridine rings is 1. The van der Waals surface area contributed by atoms with Crippen LogP contribution in [0, 0.1) is 12.7 Å². The Bertz CT molecular complexity index is 1080. The van der Waals surface area contributed by atoms with E-state index in [1.807, 2.05) is 54.8 Å². The summed E-state index contributed by atoms with van der Waals surface area (Å²) in [4.78, 5) is 9.05. The Morgan fingerprint density at radius 2 is 1.75 bits per heavy atom. The minimum Gasteiger partial charge on any atom is -0.379 e. The van der Waals surface area contributed by atoms with E-state index in [0.29, 0.717) is 17.4 Å². The zero-order chi connectivity index (χ0) is 19.3. The number of halogens is 1. The first kappa shape index (κ1) is 18.1. The monoisotopic (exact) mass is 390 g/mol. The molecule has 0 aliphatic heterocycles. The zero-order valence-electron chi connectivity index (χ0n) is 15.3. The zero-order valence-corrected chi connectivity index (χ0v) is 16.1. The molecular formula is C22H19FN4S. The highest BCUT2D eigenvalue weighted by Crippen LogP contribution is 2.28. The second-order valence-corrected chi connectivity index (χ2v) is 7.20. The molecule has 0 saturated carbocycles. The molecule has 0 radical (unpaired) electrons. The smallest absolute Gasteiger partial charge is 0.187 e. The first-order valence-electron chi connectivity index (χ1n) is 8.91. The standard InChI is InChI=1S/C22H19FN4S/c1-15-5-4-6-18(25-15)13-24-17-11-9-16(10-12-17)21-14-28-22(27-21)26-20-8-3-2-7-19(20)23/h2-12,14,24H,13H2,1H3,(H,26,27). The highest BCUT2D eigenvalue weighted by atomic mass is 32.1. The van der Waals surface area contributed by atoms with Crippen molar-refractivity contribution in [2.75, 3.05) is 10.6 Å². The lowest BCUT2D eigenvalue weighted by Gasteiger charge is -2.07. The van der Waals surface area contributed by atoms with Crippen LogP contribution < -0.4 is 10.6 Å². The van der Waals surface area contributed by atoms with E-state index in [-0.39, 0.29) is 5.82 Å². The van der Waals surface area contributed by atoms with Crippen molar-refractivity contribution in [3.05, 3.63) is 89.3 Å². The van der Waals surface area contributed by atoms with E-state index >= 15 is 0 Å². The Hall–Kier alpha value is -3.25. The number of thiazole rings is 1. The highest BCUT2D eigenvalue weighted by Gasteiger charge is 2.07. The van der Waals surface area contributed by atoms with E-state index in [9.17, 15) is 4.39 Å². The van der Waals surface area contributed by atoms with Crippen molar-refractivity contribution in [1.29, 1.82) is 0 Å². The molecule has 0 fully saturated rings. The first-order chi connectivity index (χ1) is 13.7. The normalized spacial score (nSPS) is 10.6. The molecule has 0 spiro atoms. The quantitative estimate of drug-likeness (QED) is 0.423. The number of para-hydroxylation sites is 1. The molecule has 0 aliphatic carbocycles. The molecule has 6 heteroatoms. The molecule has 28 heavy (non-hydrogen) atoms. The Morgan fingerprint density at radius 1 is 0.929 bits per heavy atom. The molecule has 0 unspecified atom stereocenters. The van der Waals surface area contributed by atoms with Gasteiger partial charge in [-0.2, -0.15) is 0 Å². The van der Waals surface area contributed by atoms with Crippen LogP contribution in [0.4, 0.5) is 20.9 Å². The van der Waals surface area contributed by atoms with Crippen molar-refractivity contribution in [3.8, 4) is 11.3 Å². The van der Waals surface area contributed by atoms with Gasteiger partial charge in [0.15, 0.2) is 5.13 Å². The molecule has 4 aromatic rings. The molecule has 4 rings (SSSR count). The summed E-state index contributed by atoms with van der Waals surface area (Å²) in [5, 5.41) is 9.03. The summed E-state index contributed by atoms with van der Waals surface area (Å²) in [6.07, 6.45) is 0. The van der Waals surface area contributed by atoms with Gasteiger partial charge in [-0.3, -0.25) is 4.98 Å². The number of anilines is 3. The van der Waals surface area contributed by atoms with E-state index in [1.54, 1.807) is 18.2 Å². The molecule has 0 amide bonds. The van der Waals surface area contributed by atoms with Gasteiger partial charge in [0.2, 0.25) is 0 Å². The molecule has 0 bridgehead atoms. The van der Waals surface area contributed by atoms with Gasteiger partial charge in [0.1, 0.15) is 5.82 Å². The second kappa shape index (κ2) is 8.19. The number of aromatic nitrogens is 2. The average molecular weight is 390 g/mol. The Kier molecular flexibility index (Phi) is 5.30. The number of rotatable bonds is 6. The van der Waals surface area contributed by atoms with Crippen LogP contribution >= 0.6 is 11.3 Å². The van der Waals surface area contributed by atoms with Gasteiger partial charge >= 0.3 is 0 Å². The van der Waals surface area contributed by atoms with Crippen LogP contribution in [0.15, 0.2) is 72.1 Å². The number of benzene rings is 2. The average Bonchev–Trinajstić information content (AvgIpc) is 3.17. The number of hydrogen-bond donors (Lipinski definition) is 2. The number of hydrogen-bond acceptors (Lipinski definition) is 5. The first-order valence-corrected chi connectivity index (χ1v) is 9.79. The molecule has 0 saturated heterocycles. The summed E-state index contributed by atoms with van der Waals surface area (Å²) in [7, 11) is 0. The molecular weight excluding hydrogens is 371 g/mol. The van der Waals surface area contributed by atoms with Gasteiger partial charge in [-0.1, -0.05) is 30.3 Å². The summed E-state index contributed by atoms with van der Waals surface area (Å²) < 4.78 is 13.8. The van der Waals surface area contributed by atoms with Crippen molar-refractivity contribution in [1.82, 2.24) is 9.97 Å². The maximum atomic E-state index is 13.8. The third-order valence-electron chi connectivity index (χ3n) is 4.22. The number of nitrogens with one attached hydrogen (secondary N) is 2. The summed E-state index contributed by atoms with van der Waals surface area (Å²) in [6.45, 7) is 2.66. The lowest BCUT2D eigenvalue weighted by Crippen LogP contribution is -2.02. The van der Waals surface area contributed by atoms with E-state index in [2.05, 4.69) is 20.6 Å². The van der Waals surface area contributed by atoms with Gasteiger partial charge in [0.25, 0.3) is 0 Å². The molecule has 140 valence electrons. The molecule has 2 aromatic heterocycles. The summed E-state index contributed by atoms with van der Waals surface area (Å²) >= 11 is 1.45. The van der Waals surface area contributed by atoms with E-state index in [1.165, 1.54) is 17.4 Å². The lowest BCUT2D eigenvalue weighted by atomic mass is 10.1. The van der Waals surface area contributed by atoms with E-state index < -0.39 is 0 Å². The fourth-order valence-electron chi connectivity index (χ4n) is 2.79. The van der Waals surface area contributed by atoms with Crippen LogP contribution in [-0.2, 0) is 6.54 Å². The maximum Gasteiger partial charge on any atom is 0.187 e. The van der Waals surface area contributed by atoms with Gasteiger partial charge < -0.3 is 10.6 Å². The number of aryl methyl sites for hydroxylation is 1. The molecule has 0 aliphatic rings. The Morgan fingerprint density at radius 3 is 2.54 bits per heavy atom. The van der Waals surface area contributed by atoms with Crippen LogP contribution in [-0.4, -0.2) is 9.97 Å². The predicted octanol–water partition coefficient (Wildman–Crippen LogP) is 6.01. The molecule has 0 atom stereocenters. The molecule has 2 aromatic carbocycles. The third kappa shape index (κ3) is 4.35. The van der Waals surface area contributed by atoms with Gasteiger partial charge in [0.05, 0.1) is 23.6 Å². The maximum absolute atomic E-state index is 13.8. The van der Waals surface area contributed by atoms with E-state index in [4.69, 9.17) is 0 Å². The minimum absolute atomic E-state index is 0.294. The molecule has 2 heterocycles. The van der Waals surface area contributed by atoms with Crippen LogP contribution in [0.3, 0.4) is 0 Å². The highest BCUT2D eigenvalue weighted by molar-refractivity contribution is 7.14. The van der Waals surface area contributed by atoms with Crippen LogP contribution in [0.5, 0.6) is 0 Å². The predicted molar refractivity (Wildman–Crippen MR) is 114 cm³/mol. The van der Waals surface area contributed by atoms with Crippen LogP contribution in [0.1, 0.15) is 11.4 Å². The van der Waals surface area contributed by atoms with Gasteiger partial charge in [-0.25, -0.2) is 9.37 Å². The minimum atomic E-state index is -0.294. The van der Waals surface area contributed by atoms with Crippen molar-refractivity contribution in [2.45, 2.75) is 13.5 Å². The summed E-state index contributed by atoms with van der Waals surface area (Å²) in [6, 6.07) is 20.7. The fraction of sp³-hybridized carbons (Fsp3) is 0.0909. The van der Waals surface area contributed by atoms with Crippen LogP contribution in [0.25, 0.3) is 11.3 Å². The van der Waals surface area contributed by atoms with Crippen molar-refractivity contribution in [3.63, 3.8) is 0 Å².